The number of rotatable bonds is 6. The highest BCUT2D eigenvalue weighted by Gasteiger charge is 2.15. The van der Waals surface area contributed by atoms with E-state index >= 15 is 0 Å². The molecule has 0 atom stereocenters. The van der Waals surface area contributed by atoms with Crippen molar-refractivity contribution in [3.8, 4) is 11.3 Å². The fourth-order valence-corrected chi connectivity index (χ4v) is 3.58. The third kappa shape index (κ3) is 4.84. The minimum absolute atomic E-state index is 0.0230. The summed E-state index contributed by atoms with van der Waals surface area (Å²) in [6.45, 7) is 0. The summed E-state index contributed by atoms with van der Waals surface area (Å²) < 4.78 is 13.4. The second-order valence-electron chi connectivity index (χ2n) is 6.58. The van der Waals surface area contributed by atoms with Crippen molar-refractivity contribution in [2.75, 3.05) is 11.1 Å². The summed E-state index contributed by atoms with van der Waals surface area (Å²) in [5.74, 6) is -1.33. The number of carbonyl (C=O) groups is 1. The second kappa shape index (κ2) is 8.88. The van der Waals surface area contributed by atoms with Gasteiger partial charge in [0.2, 0.25) is 11.7 Å². The van der Waals surface area contributed by atoms with Gasteiger partial charge in [-0.2, -0.15) is 4.39 Å². The summed E-state index contributed by atoms with van der Waals surface area (Å²) in [4.78, 5) is 22.1. The maximum absolute atomic E-state index is 13.4. The smallest absolute Gasteiger partial charge is 0.306 e. The number of nitrogens with one attached hydrogen (secondary N) is 1. The Labute approximate surface area is 180 Å². The molecule has 1 N–H and O–H groups in total. The lowest BCUT2D eigenvalue weighted by molar-refractivity contribution is -0.387. The highest BCUT2D eigenvalue weighted by molar-refractivity contribution is 7.99. The summed E-state index contributed by atoms with van der Waals surface area (Å²) in [7, 11) is 0. The average molecular weight is 434 g/mol. The molecule has 1 aromatic heterocycles. The molecule has 0 spiro atoms. The molecular formula is C22H15FN4O3S. The zero-order chi connectivity index (χ0) is 21.8. The van der Waals surface area contributed by atoms with Crippen molar-refractivity contribution in [1.29, 1.82) is 0 Å². The molecule has 154 valence electrons. The van der Waals surface area contributed by atoms with Gasteiger partial charge in [0.1, 0.15) is 5.03 Å². The molecule has 0 aliphatic carbocycles. The topological polar surface area (TPSA) is 98.0 Å². The number of halogens is 1. The van der Waals surface area contributed by atoms with Crippen LogP contribution in [0.15, 0.2) is 77.8 Å². The number of hydrogen-bond acceptors (Lipinski definition) is 6. The van der Waals surface area contributed by atoms with Crippen LogP contribution in [0.1, 0.15) is 0 Å². The van der Waals surface area contributed by atoms with Crippen LogP contribution in [0, 0.1) is 15.9 Å². The minimum Gasteiger partial charge on any atom is -0.325 e. The van der Waals surface area contributed by atoms with E-state index in [1.165, 1.54) is 17.8 Å². The molecule has 1 amide bonds. The molecule has 3 aromatic carbocycles. The van der Waals surface area contributed by atoms with Crippen LogP contribution in [-0.2, 0) is 4.79 Å². The molecule has 31 heavy (non-hydrogen) atoms. The number of anilines is 1. The number of benzene rings is 3. The first-order valence-corrected chi connectivity index (χ1v) is 10.2. The van der Waals surface area contributed by atoms with Gasteiger partial charge < -0.3 is 5.32 Å². The summed E-state index contributed by atoms with van der Waals surface area (Å²) >= 11 is 1.17. The predicted molar refractivity (Wildman–Crippen MR) is 117 cm³/mol. The molecular weight excluding hydrogens is 419 g/mol. The van der Waals surface area contributed by atoms with Gasteiger partial charge in [-0.1, -0.05) is 48.2 Å². The van der Waals surface area contributed by atoms with Gasteiger partial charge >= 0.3 is 5.69 Å². The number of nitro groups is 1. The Bertz CT molecular complexity index is 1280. The minimum atomic E-state index is -0.959. The molecule has 0 saturated carbocycles. The fourth-order valence-electron chi connectivity index (χ4n) is 2.97. The number of carbonyl (C=O) groups excluding carboxylic acids is 1. The zero-order valence-corrected chi connectivity index (χ0v) is 16.8. The normalized spacial score (nSPS) is 10.7. The Morgan fingerprint density at radius 3 is 2.55 bits per heavy atom. The van der Waals surface area contributed by atoms with Crippen molar-refractivity contribution in [2.45, 2.75) is 5.03 Å². The molecule has 0 saturated heterocycles. The van der Waals surface area contributed by atoms with E-state index in [4.69, 9.17) is 0 Å². The Balaban J connectivity index is 1.38. The number of aromatic nitrogens is 2. The zero-order valence-electron chi connectivity index (χ0n) is 16.0. The summed E-state index contributed by atoms with van der Waals surface area (Å²) in [6, 6.07) is 20.9. The molecule has 0 fully saturated rings. The van der Waals surface area contributed by atoms with E-state index in [-0.39, 0.29) is 11.4 Å². The molecule has 0 aliphatic rings. The predicted octanol–water partition coefficient (Wildman–Crippen LogP) is 5.07. The first-order chi connectivity index (χ1) is 15.0. The molecule has 1 heterocycles. The molecule has 4 rings (SSSR count). The monoisotopic (exact) mass is 434 g/mol. The lowest BCUT2D eigenvalue weighted by Crippen LogP contribution is -2.14. The van der Waals surface area contributed by atoms with Gasteiger partial charge in [-0.3, -0.25) is 14.9 Å². The Morgan fingerprint density at radius 1 is 1.00 bits per heavy atom. The van der Waals surface area contributed by atoms with Crippen LogP contribution in [0.25, 0.3) is 22.0 Å². The van der Waals surface area contributed by atoms with E-state index < -0.39 is 22.3 Å². The van der Waals surface area contributed by atoms with Crippen LogP contribution in [0.2, 0.25) is 0 Å². The lowest BCUT2D eigenvalue weighted by atomic mass is 10.1. The molecule has 0 aliphatic heterocycles. The van der Waals surface area contributed by atoms with Crippen LogP contribution >= 0.6 is 11.8 Å². The highest BCUT2D eigenvalue weighted by atomic mass is 32.2. The van der Waals surface area contributed by atoms with Crippen molar-refractivity contribution in [1.82, 2.24) is 10.2 Å². The Morgan fingerprint density at radius 2 is 1.81 bits per heavy atom. The summed E-state index contributed by atoms with van der Waals surface area (Å²) in [5, 5.41) is 24.5. The van der Waals surface area contributed by atoms with Gasteiger partial charge in [0.25, 0.3) is 0 Å². The van der Waals surface area contributed by atoms with Gasteiger partial charge in [-0.15, -0.1) is 10.2 Å². The maximum atomic E-state index is 13.4. The quantitative estimate of drug-likeness (QED) is 0.258. The number of amides is 1. The van der Waals surface area contributed by atoms with E-state index in [0.29, 0.717) is 5.03 Å². The van der Waals surface area contributed by atoms with Crippen LogP contribution in [0.4, 0.5) is 15.8 Å². The lowest BCUT2D eigenvalue weighted by Gasteiger charge is -2.06. The largest absolute Gasteiger partial charge is 0.325 e. The standard InChI is InChI=1S/C22H15FN4O3S/c23-18-8-7-17(12-20(18)27(29)30)24-21(28)13-31-22-10-9-19(25-26-22)16-6-5-14-3-1-2-4-15(14)11-16/h1-12H,13H2,(H,24,28). The Hall–Kier alpha value is -3.85. The Kier molecular flexibility index (Phi) is 5.85. The van der Waals surface area contributed by atoms with Crippen molar-refractivity contribution in [3.05, 3.63) is 88.7 Å². The average Bonchev–Trinajstić information content (AvgIpc) is 2.79. The third-order valence-corrected chi connectivity index (χ3v) is 5.38. The van der Waals surface area contributed by atoms with E-state index in [0.717, 1.165) is 34.2 Å². The van der Waals surface area contributed by atoms with Crippen LogP contribution in [-0.4, -0.2) is 26.8 Å². The second-order valence-corrected chi connectivity index (χ2v) is 7.57. The van der Waals surface area contributed by atoms with Crippen molar-refractivity contribution in [3.63, 3.8) is 0 Å². The fraction of sp³-hybridized carbons (Fsp3) is 0.0455. The molecule has 0 bridgehead atoms. The first kappa shape index (κ1) is 20.4. The SMILES string of the molecule is O=C(CSc1ccc(-c2ccc3ccccc3c2)nn1)Nc1ccc(F)c([N+](=O)[O-])c1. The first-order valence-electron chi connectivity index (χ1n) is 9.19. The molecule has 4 aromatic rings. The summed E-state index contributed by atoms with van der Waals surface area (Å²) in [6.07, 6.45) is 0. The molecule has 7 nitrogen and oxygen atoms in total. The highest BCUT2D eigenvalue weighted by Crippen LogP contribution is 2.25. The van der Waals surface area contributed by atoms with Gasteiger partial charge in [0, 0.05) is 17.3 Å². The van der Waals surface area contributed by atoms with E-state index in [2.05, 4.69) is 15.5 Å². The van der Waals surface area contributed by atoms with Crippen molar-refractivity contribution in [2.24, 2.45) is 0 Å². The van der Waals surface area contributed by atoms with Gasteiger partial charge in [-0.25, -0.2) is 0 Å². The van der Waals surface area contributed by atoms with Gasteiger partial charge in [0.15, 0.2) is 0 Å². The van der Waals surface area contributed by atoms with Crippen LogP contribution < -0.4 is 5.32 Å². The molecule has 0 radical (unpaired) electrons. The third-order valence-electron chi connectivity index (χ3n) is 4.46. The number of hydrogen-bond donors (Lipinski definition) is 1. The van der Waals surface area contributed by atoms with Crippen molar-refractivity contribution < 1.29 is 14.1 Å². The number of thioether (sulfide) groups is 1. The van der Waals surface area contributed by atoms with Crippen molar-refractivity contribution >= 4 is 39.8 Å². The maximum Gasteiger partial charge on any atom is 0.306 e. The van der Waals surface area contributed by atoms with Crippen LogP contribution in [0.3, 0.4) is 0 Å². The summed E-state index contributed by atoms with van der Waals surface area (Å²) in [5.41, 5.74) is 1.12. The van der Waals surface area contributed by atoms with Crippen LogP contribution in [0.5, 0.6) is 0 Å². The van der Waals surface area contributed by atoms with Gasteiger partial charge in [-0.05, 0) is 41.1 Å². The number of fused-ring (bicyclic) bond motifs is 1. The molecule has 9 heteroatoms. The van der Waals surface area contributed by atoms with E-state index in [1.807, 2.05) is 48.5 Å². The number of nitro benzene ring substituents is 1. The van der Waals surface area contributed by atoms with E-state index in [1.54, 1.807) is 6.07 Å². The van der Waals surface area contributed by atoms with E-state index in [9.17, 15) is 19.3 Å². The molecule has 0 unspecified atom stereocenters. The van der Waals surface area contributed by atoms with Gasteiger partial charge in [0.05, 0.1) is 16.4 Å². The number of nitrogens with zero attached hydrogens (tertiary/aromatic N) is 3.